The van der Waals surface area contributed by atoms with Gasteiger partial charge in [-0.05, 0) is 12.1 Å². The van der Waals surface area contributed by atoms with Gasteiger partial charge in [-0.3, -0.25) is 11.7 Å². The van der Waals surface area contributed by atoms with E-state index in [-0.39, 0.29) is 12.4 Å². The highest BCUT2D eigenvalue weighted by molar-refractivity contribution is 6.41. The van der Waals surface area contributed by atoms with Gasteiger partial charge in [-0.25, -0.2) is 0 Å². The summed E-state index contributed by atoms with van der Waals surface area (Å²) >= 11 is 11.2. The molecule has 0 aliphatic heterocycles. The minimum absolute atomic E-state index is 0. The summed E-state index contributed by atoms with van der Waals surface area (Å²) in [6.07, 6.45) is 0. The maximum absolute atomic E-state index is 5.58. The van der Waals surface area contributed by atoms with Crippen molar-refractivity contribution in [2.75, 3.05) is 0 Å². The predicted molar refractivity (Wildman–Crippen MR) is 52.1 cm³/mol. The molecule has 64 valence electrons. The molecule has 4 N–H and O–H groups in total. The van der Waals surface area contributed by atoms with Crippen LogP contribution in [-0.4, -0.2) is 0 Å². The van der Waals surface area contributed by atoms with Gasteiger partial charge >= 0.3 is 0 Å². The van der Waals surface area contributed by atoms with E-state index in [1.807, 2.05) is 12.1 Å². The largest absolute Gasteiger partial charge is 0.274 e. The van der Waals surface area contributed by atoms with Gasteiger partial charge in [-0.2, -0.15) is 0 Å². The molecule has 0 aliphatic rings. The summed E-state index contributed by atoms with van der Waals surface area (Å²) in [4.78, 5) is 0. The second-order valence-corrected chi connectivity index (χ2v) is 2.23. The van der Waals surface area contributed by atoms with Crippen molar-refractivity contribution in [1.29, 1.82) is 0 Å². The summed E-state index contributed by atoms with van der Waals surface area (Å²) in [5.41, 5.74) is 0. The first-order valence-electron chi connectivity index (χ1n) is 2.54. The number of nitrogens with two attached hydrogens (primary N) is 2. The molecule has 5 heteroatoms. The molecule has 0 unspecified atom stereocenters. The molecule has 1 rings (SSSR count). The van der Waals surface area contributed by atoms with Crippen molar-refractivity contribution in [3.63, 3.8) is 0 Å². The van der Waals surface area contributed by atoms with Crippen LogP contribution in [0.4, 0.5) is 0 Å². The molecule has 0 saturated heterocycles. The Morgan fingerprint density at radius 2 is 1.18 bits per heavy atom. The van der Waals surface area contributed by atoms with Gasteiger partial charge in [-0.1, -0.05) is 35.3 Å². The quantitative estimate of drug-likeness (QED) is 0.515. The smallest absolute Gasteiger partial charge is 0.0592 e. The number of hydrogen-bond acceptors (Lipinski definition) is 2. The van der Waals surface area contributed by atoms with Crippen molar-refractivity contribution >= 4 is 35.6 Å². The summed E-state index contributed by atoms with van der Waals surface area (Å²) in [6.45, 7) is 0. The fraction of sp³-hybridized carbons (Fsp3) is 0. The van der Waals surface area contributed by atoms with E-state index in [2.05, 4.69) is 11.7 Å². The molecule has 0 amide bonds. The first kappa shape index (κ1) is 13.6. The Bertz CT molecular complexity index is 172. The zero-order chi connectivity index (χ0) is 7.98. The number of benzene rings is 1. The Labute approximate surface area is 81.8 Å². The van der Waals surface area contributed by atoms with Crippen molar-refractivity contribution in [2.24, 2.45) is 11.7 Å². The van der Waals surface area contributed by atoms with E-state index >= 15 is 0 Å². The van der Waals surface area contributed by atoms with Crippen molar-refractivity contribution < 1.29 is 0 Å². The van der Waals surface area contributed by atoms with E-state index in [0.717, 1.165) is 0 Å². The summed E-state index contributed by atoms with van der Waals surface area (Å²) in [5.74, 6) is 8.00. The van der Waals surface area contributed by atoms with Gasteiger partial charge < -0.3 is 0 Å². The third kappa shape index (κ3) is 5.30. The lowest BCUT2D eigenvalue weighted by Gasteiger charge is -1.88. The Kier molecular flexibility index (Phi) is 10.0. The standard InChI is InChI=1S/C6H4Cl2.ClH.H4N2/c7-5-3-1-2-4-6(5)8;;1-2/h1-4H;1H;1-2H2. The third-order valence-electron chi connectivity index (χ3n) is 0.824. The fourth-order valence-electron chi connectivity index (χ4n) is 0.439. The van der Waals surface area contributed by atoms with Crippen LogP contribution in [0.5, 0.6) is 0 Å². The zero-order valence-electron chi connectivity index (χ0n) is 5.63. The van der Waals surface area contributed by atoms with Gasteiger partial charge in [0.05, 0.1) is 10.0 Å². The SMILES string of the molecule is Cl.Clc1ccccc1Cl.NN. The zero-order valence-corrected chi connectivity index (χ0v) is 7.96. The van der Waals surface area contributed by atoms with E-state index in [0.29, 0.717) is 10.0 Å². The van der Waals surface area contributed by atoms with E-state index in [1.165, 1.54) is 0 Å². The second-order valence-electron chi connectivity index (χ2n) is 1.41. The lowest BCUT2D eigenvalue weighted by molar-refractivity contribution is 1.26. The lowest BCUT2D eigenvalue weighted by atomic mass is 10.4. The molecule has 0 radical (unpaired) electrons. The van der Waals surface area contributed by atoms with Crippen LogP contribution in [0.15, 0.2) is 24.3 Å². The highest BCUT2D eigenvalue weighted by Crippen LogP contribution is 2.19. The Hall–Kier alpha value is 0.01000. The van der Waals surface area contributed by atoms with E-state index in [9.17, 15) is 0 Å². The molecule has 0 aromatic heterocycles. The second kappa shape index (κ2) is 8.11. The van der Waals surface area contributed by atoms with Gasteiger partial charge in [0, 0.05) is 0 Å². The van der Waals surface area contributed by atoms with Crippen LogP contribution < -0.4 is 11.7 Å². The normalized spacial score (nSPS) is 7.27. The molecule has 0 atom stereocenters. The molecular weight excluding hydrogens is 206 g/mol. The minimum Gasteiger partial charge on any atom is -0.274 e. The molecule has 11 heavy (non-hydrogen) atoms. The lowest BCUT2D eigenvalue weighted by Crippen LogP contribution is -2.02. The Morgan fingerprint density at radius 3 is 1.36 bits per heavy atom. The topological polar surface area (TPSA) is 52.0 Å². The molecule has 0 spiro atoms. The van der Waals surface area contributed by atoms with E-state index in [1.54, 1.807) is 12.1 Å². The summed E-state index contributed by atoms with van der Waals surface area (Å²) < 4.78 is 0. The third-order valence-corrected chi connectivity index (χ3v) is 1.58. The monoisotopic (exact) mass is 214 g/mol. The van der Waals surface area contributed by atoms with Crippen LogP contribution in [0.1, 0.15) is 0 Å². The molecule has 1 aromatic carbocycles. The van der Waals surface area contributed by atoms with Crippen molar-refractivity contribution in [2.45, 2.75) is 0 Å². The van der Waals surface area contributed by atoms with Gasteiger partial charge in [0.15, 0.2) is 0 Å². The number of halogens is 3. The minimum atomic E-state index is 0. The van der Waals surface area contributed by atoms with E-state index in [4.69, 9.17) is 23.2 Å². The van der Waals surface area contributed by atoms with Crippen LogP contribution in [0, 0.1) is 0 Å². The average molecular weight is 216 g/mol. The fourth-order valence-corrected chi connectivity index (χ4v) is 0.711. The van der Waals surface area contributed by atoms with Gasteiger partial charge in [0.1, 0.15) is 0 Å². The van der Waals surface area contributed by atoms with Gasteiger partial charge in [-0.15, -0.1) is 12.4 Å². The van der Waals surface area contributed by atoms with Crippen LogP contribution in [-0.2, 0) is 0 Å². The van der Waals surface area contributed by atoms with Gasteiger partial charge in [0.25, 0.3) is 0 Å². The summed E-state index contributed by atoms with van der Waals surface area (Å²) in [7, 11) is 0. The Morgan fingerprint density at radius 1 is 0.909 bits per heavy atom. The van der Waals surface area contributed by atoms with Crippen molar-refractivity contribution in [3.8, 4) is 0 Å². The van der Waals surface area contributed by atoms with Crippen LogP contribution >= 0.6 is 35.6 Å². The van der Waals surface area contributed by atoms with Crippen molar-refractivity contribution in [1.82, 2.24) is 0 Å². The molecule has 0 heterocycles. The molecule has 0 saturated carbocycles. The number of hydrogen-bond donors (Lipinski definition) is 2. The first-order chi connectivity index (χ1) is 4.80. The summed E-state index contributed by atoms with van der Waals surface area (Å²) in [5, 5.41) is 1.21. The number of rotatable bonds is 0. The molecule has 0 fully saturated rings. The highest BCUT2D eigenvalue weighted by atomic mass is 35.5. The predicted octanol–water partition coefficient (Wildman–Crippen LogP) is 2.23. The first-order valence-corrected chi connectivity index (χ1v) is 3.29. The molecule has 0 bridgehead atoms. The van der Waals surface area contributed by atoms with Crippen molar-refractivity contribution in [3.05, 3.63) is 34.3 Å². The maximum Gasteiger partial charge on any atom is 0.0592 e. The number of hydrazine groups is 1. The highest BCUT2D eigenvalue weighted by Gasteiger charge is 1.89. The van der Waals surface area contributed by atoms with Crippen LogP contribution in [0.2, 0.25) is 10.0 Å². The molecule has 2 nitrogen and oxygen atoms in total. The average Bonchev–Trinajstić information content (AvgIpc) is 2.00. The Balaban J connectivity index is 0. The molecular formula is C6H9Cl3N2. The summed E-state index contributed by atoms with van der Waals surface area (Å²) in [6, 6.07) is 7.19. The molecule has 1 aromatic rings. The van der Waals surface area contributed by atoms with E-state index < -0.39 is 0 Å². The van der Waals surface area contributed by atoms with Crippen LogP contribution in [0.25, 0.3) is 0 Å². The molecule has 0 aliphatic carbocycles. The van der Waals surface area contributed by atoms with Gasteiger partial charge in [0.2, 0.25) is 0 Å². The van der Waals surface area contributed by atoms with Crippen LogP contribution in [0.3, 0.4) is 0 Å². The maximum atomic E-state index is 5.58.